The van der Waals surface area contributed by atoms with E-state index in [9.17, 15) is 9.18 Å². The van der Waals surface area contributed by atoms with Crippen molar-refractivity contribution in [2.45, 2.75) is 26.3 Å². The fourth-order valence-corrected chi connectivity index (χ4v) is 3.83. The van der Waals surface area contributed by atoms with E-state index in [2.05, 4.69) is 4.99 Å². The Morgan fingerprint density at radius 3 is 2.77 bits per heavy atom. The van der Waals surface area contributed by atoms with E-state index in [1.807, 2.05) is 43.3 Å². The number of ether oxygens (including phenoxy) is 1. The summed E-state index contributed by atoms with van der Waals surface area (Å²) in [5.74, 6) is -0.514. The SMILES string of the molecule is CCOCCn1c(=NC(=O)CCc2ccccc2)sc2cccc(F)c21. The van der Waals surface area contributed by atoms with E-state index < -0.39 is 0 Å². The zero-order chi connectivity index (χ0) is 18.4. The number of carbonyl (C=O) groups is 1. The van der Waals surface area contributed by atoms with Crippen LogP contribution in [0.2, 0.25) is 0 Å². The zero-order valence-corrected chi connectivity index (χ0v) is 15.5. The molecule has 0 N–H and O–H groups in total. The maximum absolute atomic E-state index is 14.3. The van der Waals surface area contributed by atoms with Gasteiger partial charge in [-0.1, -0.05) is 47.7 Å². The highest BCUT2D eigenvalue weighted by atomic mass is 32.1. The van der Waals surface area contributed by atoms with Gasteiger partial charge in [0.1, 0.15) is 5.82 Å². The molecule has 0 unspecified atom stereocenters. The van der Waals surface area contributed by atoms with Crippen LogP contribution in [0.5, 0.6) is 0 Å². The smallest absolute Gasteiger partial charge is 0.248 e. The predicted molar refractivity (Wildman–Crippen MR) is 102 cm³/mol. The molecule has 0 saturated carbocycles. The molecule has 136 valence electrons. The third-order valence-corrected chi connectivity index (χ3v) is 5.05. The van der Waals surface area contributed by atoms with Crippen LogP contribution in [0.1, 0.15) is 18.9 Å². The molecule has 3 aromatic rings. The lowest BCUT2D eigenvalue weighted by Gasteiger charge is -2.06. The van der Waals surface area contributed by atoms with Gasteiger partial charge in [0.25, 0.3) is 0 Å². The van der Waals surface area contributed by atoms with Gasteiger partial charge in [-0.25, -0.2) is 4.39 Å². The molecule has 3 rings (SSSR count). The molecular weight excluding hydrogens is 351 g/mol. The molecule has 0 atom stereocenters. The van der Waals surface area contributed by atoms with E-state index in [1.165, 1.54) is 17.4 Å². The third-order valence-electron chi connectivity index (χ3n) is 4.01. The number of aromatic nitrogens is 1. The number of para-hydroxylation sites is 1. The minimum Gasteiger partial charge on any atom is -0.380 e. The van der Waals surface area contributed by atoms with Gasteiger partial charge in [-0.3, -0.25) is 4.79 Å². The van der Waals surface area contributed by atoms with Crippen LogP contribution in [0.25, 0.3) is 10.2 Å². The number of carbonyl (C=O) groups excluding carboxylic acids is 1. The first-order chi connectivity index (χ1) is 12.7. The summed E-state index contributed by atoms with van der Waals surface area (Å²) in [4.78, 5) is 17.1. The standard InChI is InChI=1S/C20H21FN2O2S/c1-2-25-14-13-23-19-16(21)9-6-10-17(19)26-20(23)22-18(24)12-11-15-7-4-3-5-8-15/h3-10H,2,11-14H2,1H3. The number of hydrogen-bond acceptors (Lipinski definition) is 3. The third kappa shape index (κ3) is 4.45. The topological polar surface area (TPSA) is 43.6 Å². The van der Waals surface area contributed by atoms with Crippen molar-refractivity contribution in [1.82, 2.24) is 4.57 Å². The summed E-state index contributed by atoms with van der Waals surface area (Å²) in [6, 6.07) is 14.8. The summed E-state index contributed by atoms with van der Waals surface area (Å²) < 4.78 is 22.2. The van der Waals surface area contributed by atoms with Gasteiger partial charge in [0.2, 0.25) is 5.91 Å². The van der Waals surface area contributed by atoms with Gasteiger partial charge in [0, 0.05) is 19.6 Å². The molecule has 4 nitrogen and oxygen atoms in total. The molecule has 0 aliphatic carbocycles. The number of aryl methyl sites for hydroxylation is 1. The summed E-state index contributed by atoms with van der Waals surface area (Å²) in [6.45, 7) is 3.41. The number of hydrogen-bond donors (Lipinski definition) is 0. The van der Waals surface area contributed by atoms with Crippen LogP contribution in [-0.2, 0) is 22.5 Å². The second-order valence-corrected chi connectivity index (χ2v) is 6.82. The Bertz CT molecular complexity index is 947. The molecule has 0 aliphatic rings. The molecular formula is C20H21FN2O2S. The van der Waals surface area contributed by atoms with Crippen LogP contribution in [-0.4, -0.2) is 23.7 Å². The Labute approximate surface area is 155 Å². The molecule has 0 radical (unpaired) electrons. The maximum atomic E-state index is 14.3. The molecule has 2 aromatic carbocycles. The van der Waals surface area contributed by atoms with Crippen molar-refractivity contribution in [1.29, 1.82) is 0 Å². The number of amides is 1. The lowest BCUT2D eigenvalue weighted by molar-refractivity contribution is -0.118. The highest BCUT2D eigenvalue weighted by Gasteiger charge is 2.12. The normalized spacial score (nSPS) is 12.0. The van der Waals surface area contributed by atoms with E-state index in [4.69, 9.17) is 4.74 Å². The molecule has 0 fully saturated rings. The molecule has 0 saturated heterocycles. The van der Waals surface area contributed by atoms with Crippen molar-refractivity contribution >= 4 is 27.5 Å². The summed E-state index contributed by atoms with van der Waals surface area (Å²) in [7, 11) is 0. The fourth-order valence-electron chi connectivity index (χ4n) is 2.74. The molecule has 1 amide bonds. The number of benzene rings is 2. The first-order valence-corrected chi connectivity index (χ1v) is 9.47. The Hall–Kier alpha value is -2.31. The molecule has 1 heterocycles. The van der Waals surface area contributed by atoms with Crippen LogP contribution in [0.4, 0.5) is 4.39 Å². The van der Waals surface area contributed by atoms with Crippen molar-refractivity contribution in [3.8, 4) is 0 Å². The van der Waals surface area contributed by atoms with Crippen molar-refractivity contribution in [2.75, 3.05) is 13.2 Å². The highest BCUT2D eigenvalue weighted by molar-refractivity contribution is 7.16. The molecule has 0 bridgehead atoms. The van der Waals surface area contributed by atoms with Gasteiger partial charge in [-0.15, -0.1) is 0 Å². The van der Waals surface area contributed by atoms with Gasteiger partial charge in [0.05, 0.1) is 16.8 Å². The zero-order valence-electron chi connectivity index (χ0n) is 14.7. The van der Waals surface area contributed by atoms with Crippen molar-refractivity contribution in [2.24, 2.45) is 4.99 Å². The van der Waals surface area contributed by atoms with Gasteiger partial charge in [0.15, 0.2) is 4.80 Å². The van der Waals surface area contributed by atoms with Gasteiger partial charge in [-0.05, 0) is 31.0 Å². The van der Waals surface area contributed by atoms with E-state index >= 15 is 0 Å². The van der Waals surface area contributed by atoms with Crippen LogP contribution >= 0.6 is 11.3 Å². The van der Waals surface area contributed by atoms with Gasteiger partial charge in [-0.2, -0.15) is 4.99 Å². The summed E-state index contributed by atoms with van der Waals surface area (Å²) >= 11 is 1.33. The Morgan fingerprint density at radius 2 is 2.00 bits per heavy atom. The molecule has 1 aromatic heterocycles. The molecule has 0 spiro atoms. The number of halogens is 1. The summed E-state index contributed by atoms with van der Waals surface area (Å²) in [5.41, 5.74) is 1.58. The van der Waals surface area contributed by atoms with E-state index in [0.29, 0.717) is 42.9 Å². The van der Waals surface area contributed by atoms with E-state index in [1.54, 1.807) is 10.6 Å². The van der Waals surface area contributed by atoms with Crippen LogP contribution in [0.3, 0.4) is 0 Å². The molecule has 26 heavy (non-hydrogen) atoms. The Balaban J connectivity index is 1.87. The Kier molecular flexibility index (Phi) is 6.30. The molecule has 0 aliphatic heterocycles. The van der Waals surface area contributed by atoms with Crippen molar-refractivity contribution in [3.05, 3.63) is 64.7 Å². The highest BCUT2D eigenvalue weighted by Crippen LogP contribution is 2.20. The largest absolute Gasteiger partial charge is 0.380 e. The van der Waals surface area contributed by atoms with Crippen LogP contribution < -0.4 is 4.80 Å². The van der Waals surface area contributed by atoms with Crippen molar-refractivity contribution < 1.29 is 13.9 Å². The van der Waals surface area contributed by atoms with Crippen LogP contribution in [0.15, 0.2) is 53.5 Å². The van der Waals surface area contributed by atoms with Crippen LogP contribution in [0, 0.1) is 5.82 Å². The second kappa shape index (κ2) is 8.87. The summed E-state index contributed by atoms with van der Waals surface area (Å²) in [6.07, 6.45) is 0.966. The Morgan fingerprint density at radius 1 is 1.19 bits per heavy atom. The molecule has 6 heteroatoms. The average Bonchev–Trinajstić information content (AvgIpc) is 3.00. The second-order valence-electron chi connectivity index (χ2n) is 5.81. The fraction of sp³-hybridized carbons (Fsp3) is 0.300. The lowest BCUT2D eigenvalue weighted by atomic mass is 10.1. The monoisotopic (exact) mass is 372 g/mol. The quantitative estimate of drug-likeness (QED) is 0.590. The van der Waals surface area contributed by atoms with E-state index in [0.717, 1.165) is 10.3 Å². The van der Waals surface area contributed by atoms with Crippen molar-refractivity contribution in [3.63, 3.8) is 0 Å². The van der Waals surface area contributed by atoms with Gasteiger partial charge < -0.3 is 9.30 Å². The predicted octanol–water partition coefficient (Wildman–Crippen LogP) is 3.94. The van der Waals surface area contributed by atoms with Gasteiger partial charge >= 0.3 is 0 Å². The minimum absolute atomic E-state index is 0.203. The first kappa shape index (κ1) is 18.5. The number of rotatable bonds is 7. The number of nitrogens with zero attached hydrogens (tertiary/aromatic N) is 2. The number of thiazole rings is 1. The minimum atomic E-state index is -0.312. The summed E-state index contributed by atoms with van der Waals surface area (Å²) in [5, 5.41) is 0. The lowest BCUT2D eigenvalue weighted by Crippen LogP contribution is -2.20. The maximum Gasteiger partial charge on any atom is 0.248 e. The number of fused-ring (bicyclic) bond motifs is 1. The van der Waals surface area contributed by atoms with E-state index in [-0.39, 0.29) is 11.7 Å². The average molecular weight is 372 g/mol. The first-order valence-electron chi connectivity index (χ1n) is 8.66.